The minimum atomic E-state index is 0.662. The highest BCUT2D eigenvalue weighted by Crippen LogP contribution is 2.25. The number of benzene rings is 1. The van der Waals surface area contributed by atoms with E-state index < -0.39 is 0 Å². The zero-order valence-electron chi connectivity index (χ0n) is 14.2. The summed E-state index contributed by atoms with van der Waals surface area (Å²) in [5.74, 6) is 1.57. The van der Waals surface area contributed by atoms with Crippen LogP contribution in [0.25, 0.3) is 11.3 Å². The zero-order chi connectivity index (χ0) is 16.1. The molecule has 0 saturated heterocycles. The lowest BCUT2D eigenvalue weighted by molar-refractivity contribution is 0.412. The fraction of sp³-hybridized carbons (Fsp3) is 0.421. The number of nitrogens with zero attached hydrogens (tertiary/aromatic N) is 1. The van der Waals surface area contributed by atoms with Crippen molar-refractivity contribution in [3.8, 4) is 17.0 Å². The molecule has 0 saturated carbocycles. The van der Waals surface area contributed by atoms with Crippen molar-refractivity contribution >= 4 is 0 Å². The highest BCUT2D eigenvalue weighted by molar-refractivity contribution is 5.62. The maximum atomic E-state index is 5.31. The van der Waals surface area contributed by atoms with Gasteiger partial charge in [0.2, 0.25) is 0 Å². The molecule has 0 unspecified atom stereocenters. The monoisotopic (exact) mass is 298 g/mol. The Bertz CT molecular complexity index is 635. The molecule has 0 spiro atoms. The van der Waals surface area contributed by atoms with E-state index in [1.165, 1.54) is 5.56 Å². The highest BCUT2D eigenvalue weighted by Gasteiger charge is 2.06. The predicted octanol–water partition coefficient (Wildman–Crippen LogP) is 4.12. The summed E-state index contributed by atoms with van der Waals surface area (Å²) in [6.45, 7) is 10.5. The topological polar surface area (TPSA) is 34.1 Å². The molecule has 0 amide bonds. The van der Waals surface area contributed by atoms with Gasteiger partial charge in [0.05, 0.1) is 12.8 Å². The van der Waals surface area contributed by atoms with Crippen LogP contribution in [0.2, 0.25) is 0 Å². The molecule has 118 valence electrons. The molecule has 1 N–H and O–H groups in total. The first-order valence-corrected chi connectivity index (χ1v) is 7.83. The fourth-order valence-electron chi connectivity index (χ4n) is 2.47. The maximum absolute atomic E-state index is 5.31. The standard InChI is InChI=1S/C19H26N2O/c1-13(2)11-20-12-17-6-8-18(21-15(17)4)16-7-9-19(22-5)14(3)10-16/h6-10,13,20H,11-12H2,1-5H3. The second kappa shape index (κ2) is 7.41. The Labute approximate surface area is 133 Å². The largest absolute Gasteiger partial charge is 0.496 e. The molecule has 0 atom stereocenters. The summed E-state index contributed by atoms with van der Waals surface area (Å²) in [5, 5.41) is 3.47. The summed E-state index contributed by atoms with van der Waals surface area (Å²) in [4.78, 5) is 4.76. The van der Waals surface area contributed by atoms with Gasteiger partial charge in [-0.3, -0.25) is 4.98 Å². The van der Waals surface area contributed by atoms with E-state index >= 15 is 0 Å². The van der Waals surface area contributed by atoms with Gasteiger partial charge in [0.1, 0.15) is 5.75 Å². The zero-order valence-corrected chi connectivity index (χ0v) is 14.2. The summed E-state index contributed by atoms with van der Waals surface area (Å²) >= 11 is 0. The summed E-state index contributed by atoms with van der Waals surface area (Å²) in [6, 6.07) is 10.5. The Morgan fingerprint density at radius 3 is 2.50 bits per heavy atom. The number of aryl methyl sites for hydroxylation is 2. The van der Waals surface area contributed by atoms with Crippen LogP contribution in [0.3, 0.4) is 0 Å². The molecule has 0 fully saturated rings. The van der Waals surface area contributed by atoms with E-state index in [4.69, 9.17) is 9.72 Å². The lowest BCUT2D eigenvalue weighted by Gasteiger charge is -2.11. The van der Waals surface area contributed by atoms with Gasteiger partial charge in [-0.15, -0.1) is 0 Å². The molecule has 3 heteroatoms. The SMILES string of the molecule is COc1ccc(-c2ccc(CNCC(C)C)c(C)n2)cc1C. The van der Waals surface area contributed by atoms with Gasteiger partial charge in [0.25, 0.3) is 0 Å². The Kier molecular flexibility index (Phi) is 5.56. The molecule has 1 aromatic carbocycles. The van der Waals surface area contributed by atoms with Gasteiger partial charge in [-0.1, -0.05) is 19.9 Å². The van der Waals surface area contributed by atoms with Crippen molar-refractivity contribution in [3.63, 3.8) is 0 Å². The van der Waals surface area contributed by atoms with Crippen molar-refractivity contribution in [1.82, 2.24) is 10.3 Å². The Hall–Kier alpha value is -1.87. The number of hydrogen-bond donors (Lipinski definition) is 1. The molecule has 1 heterocycles. The number of methoxy groups -OCH3 is 1. The molecule has 1 aromatic heterocycles. The van der Waals surface area contributed by atoms with E-state index in [9.17, 15) is 0 Å². The van der Waals surface area contributed by atoms with Gasteiger partial charge in [-0.2, -0.15) is 0 Å². The first kappa shape index (κ1) is 16.5. The van der Waals surface area contributed by atoms with E-state index in [-0.39, 0.29) is 0 Å². The normalized spacial score (nSPS) is 11.0. The molecule has 22 heavy (non-hydrogen) atoms. The van der Waals surface area contributed by atoms with Crippen LogP contribution in [0.4, 0.5) is 0 Å². The van der Waals surface area contributed by atoms with Gasteiger partial charge in [-0.05, 0) is 61.7 Å². The van der Waals surface area contributed by atoms with Gasteiger partial charge in [-0.25, -0.2) is 0 Å². The van der Waals surface area contributed by atoms with Crippen molar-refractivity contribution in [1.29, 1.82) is 0 Å². The minimum absolute atomic E-state index is 0.662. The van der Waals surface area contributed by atoms with Crippen LogP contribution in [0.5, 0.6) is 5.75 Å². The highest BCUT2D eigenvalue weighted by atomic mass is 16.5. The Morgan fingerprint density at radius 1 is 1.14 bits per heavy atom. The van der Waals surface area contributed by atoms with E-state index in [1.54, 1.807) is 7.11 Å². The van der Waals surface area contributed by atoms with Crippen LogP contribution >= 0.6 is 0 Å². The first-order chi connectivity index (χ1) is 10.5. The molecular formula is C19H26N2O. The van der Waals surface area contributed by atoms with E-state index in [1.807, 2.05) is 6.07 Å². The smallest absolute Gasteiger partial charge is 0.121 e. The van der Waals surface area contributed by atoms with E-state index in [2.05, 4.69) is 57.3 Å². The molecule has 2 aromatic rings. The number of rotatable bonds is 6. The van der Waals surface area contributed by atoms with Crippen molar-refractivity contribution in [2.75, 3.05) is 13.7 Å². The average molecular weight is 298 g/mol. The average Bonchev–Trinajstić information content (AvgIpc) is 2.48. The third-order valence-electron chi connectivity index (χ3n) is 3.75. The number of pyridine rings is 1. The van der Waals surface area contributed by atoms with Gasteiger partial charge in [0, 0.05) is 17.8 Å². The second-order valence-electron chi connectivity index (χ2n) is 6.15. The lowest BCUT2D eigenvalue weighted by Crippen LogP contribution is -2.19. The maximum Gasteiger partial charge on any atom is 0.121 e. The van der Waals surface area contributed by atoms with Crippen molar-refractivity contribution < 1.29 is 4.74 Å². The molecule has 0 bridgehead atoms. The van der Waals surface area contributed by atoms with Crippen LogP contribution in [-0.2, 0) is 6.54 Å². The Morgan fingerprint density at radius 2 is 1.91 bits per heavy atom. The van der Waals surface area contributed by atoms with Gasteiger partial charge in [0.15, 0.2) is 0 Å². The summed E-state index contributed by atoms with van der Waals surface area (Å²) in [6.07, 6.45) is 0. The van der Waals surface area contributed by atoms with Crippen LogP contribution in [0.15, 0.2) is 30.3 Å². The van der Waals surface area contributed by atoms with Crippen LogP contribution in [0, 0.1) is 19.8 Å². The number of aromatic nitrogens is 1. The predicted molar refractivity (Wildman–Crippen MR) is 92.2 cm³/mol. The van der Waals surface area contributed by atoms with E-state index in [0.717, 1.165) is 41.4 Å². The summed E-state index contributed by atoms with van der Waals surface area (Å²) in [5.41, 5.74) is 5.61. The summed E-state index contributed by atoms with van der Waals surface area (Å²) < 4.78 is 5.31. The van der Waals surface area contributed by atoms with E-state index in [0.29, 0.717) is 5.92 Å². The number of hydrogen-bond acceptors (Lipinski definition) is 3. The Balaban J connectivity index is 2.16. The van der Waals surface area contributed by atoms with Crippen LogP contribution in [0.1, 0.15) is 30.7 Å². The first-order valence-electron chi connectivity index (χ1n) is 7.83. The van der Waals surface area contributed by atoms with Gasteiger partial charge < -0.3 is 10.1 Å². The molecule has 0 aliphatic carbocycles. The van der Waals surface area contributed by atoms with Crippen LogP contribution in [-0.4, -0.2) is 18.6 Å². The van der Waals surface area contributed by atoms with Crippen LogP contribution < -0.4 is 10.1 Å². The molecule has 0 radical (unpaired) electrons. The number of ether oxygens (including phenoxy) is 1. The molecular weight excluding hydrogens is 272 g/mol. The minimum Gasteiger partial charge on any atom is -0.496 e. The quantitative estimate of drug-likeness (QED) is 0.871. The third-order valence-corrected chi connectivity index (χ3v) is 3.75. The van der Waals surface area contributed by atoms with Gasteiger partial charge >= 0.3 is 0 Å². The van der Waals surface area contributed by atoms with Crippen molar-refractivity contribution in [2.45, 2.75) is 34.2 Å². The molecule has 0 aliphatic rings. The number of nitrogens with one attached hydrogen (secondary N) is 1. The third kappa shape index (κ3) is 4.08. The van der Waals surface area contributed by atoms with Crippen molar-refractivity contribution in [3.05, 3.63) is 47.2 Å². The second-order valence-corrected chi connectivity index (χ2v) is 6.15. The molecule has 0 aliphatic heterocycles. The fourth-order valence-corrected chi connectivity index (χ4v) is 2.47. The lowest BCUT2D eigenvalue weighted by atomic mass is 10.1. The van der Waals surface area contributed by atoms with Crippen molar-refractivity contribution in [2.24, 2.45) is 5.92 Å². The molecule has 2 rings (SSSR count). The summed E-state index contributed by atoms with van der Waals surface area (Å²) in [7, 11) is 1.70. The molecule has 3 nitrogen and oxygen atoms in total.